The number of hydrogen-bond donors (Lipinski definition) is 2. The van der Waals surface area contributed by atoms with Crippen LogP contribution < -0.4 is 10.6 Å². The number of fused-ring (bicyclic) bond motifs is 2. The van der Waals surface area contributed by atoms with Gasteiger partial charge in [0.05, 0.1) is 5.70 Å². The summed E-state index contributed by atoms with van der Waals surface area (Å²) in [6.45, 7) is 2.39. The Labute approximate surface area is 116 Å². The summed E-state index contributed by atoms with van der Waals surface area (Å²) in [4.78, 5) is 3.89. The first-order valence-corrected chi connectivity index (χ1v) is 7.71. The van der Waals surface area contributed by atoms with Gasteiger partial charge in [-0.05, 0) is 36.5 Å². The molecule has 0 aliphatic carbocycles. The molecule has 2 bridgehead atoms. The molecule has 0 unspecified atom stereocenters. The van der Waals surface area contributed by atoms with Gasteiger partial charge in [0.25, 0.3) is 0 Å². The highest BCUT2D eigenvalue weighted by Crippen LogP contribution is 2.42. The predicted molar refractivity (Wildman–Crippen MR) is 77.3 cm³/mol. The number of nitrogens with zero attached hydrogens (tertiary/aromatic N) is 1. The molecule has 18 heavy (non-hydrogen) atoms. The topological polar surface area (TPSA) is 27.3 Å². The van der Waals surface area contributed by atoms with Gasteiger partial charge >= 0.3 is 0 Å². The standard InChI is InChI=1S/C13H15N3S2/c17-13-14-10-8-3-5-16(6-4-8)12(10)11(15-13)9-2-1-7-18-9/h1-2,7-8,11H,3-6H2,(H2,14,15,17)/t11-/m1/s1. The molecule has 1 atom stereocenters. The van der Waals surface area contributed by atoms with E-state index in [2.05, 4.69) is 33.0 Å². The molecule has 0 amide bonds. The second-order valence-corrected chi connectivity index (χ2v) is 6.49. The third-order valence-electron chi connectivity index (χ3n) is 4.14. The van der Waals surface area contributed by atoms with Crippen molar-refractivity contribution in [3.63, 3.8) is 0 Å². The minimum atomic E-state index is 0.261. The Bertz CT molecular complexity index is 512. The summed E-state index contributed by atoms with van der Waals surface area (Å²) in [7, 11) is 0. The van der Waals surface area contributed by atoms with Crippen molar-refractivity contribution in [1.29, 1.82) is 0 Å². The van der Waals surface area contributed by atoms with Crippen molar-refractivity contribution in [3.8, 4) is 0 Å². The van der Waals surface area contributed by atoms with Crippen molar-refractivity contribution < 1.29 is 0 Å². The van der Waals surface area contributed by atoms with Crippen LogP contribution >= 0.6 is 23.6 Å². The van der Waals surface area contributed by atoms with Crippen LogP contribution in [-0.2, 0) is 0 Å². The molecule has 0 aromatic carbocycles. The van der Waals surface area contributed by atoms with Gasteiger partial charge in [-0.3, -0.25) is 0 Å². The third kappa shape index (κ3) is 1.50. The quantitative estimate of drug-likeness (QED) is 0.770. The lowest BCUT2D eigenvalue weighted by Crippen LogP contribution is -2.54. The zero-order chi connectivity index (χ0) is 12.1. The molecule has 0 spiro atoms. The molecule has 0 saturated carbocycles. The number of thiocarbonyl (C=S) groups is 1. The van der Waals surface area contributed by atoms with E-state index in [4.69, 9.17) is 12.2 Å². The fourth-order valence-electron chi connectivity index (χ4n) is 3.31. The van der Waals surface area contributed by atoms with Crippen LogP contribution in [0.1, 0.15) is 23.8 Å². The SMILES string of the molecule is S=C1NC2=C([C@@H](c3cccs3)N1)N1CCC2CC1. The van der Waals surface area contributed by atoms with Gasteiger partial charge in [-0.15, -0.1) is 11.3 Å². The van der Waals surface area contributed by atoms with Crippen molar-refractivity contribution in [2.75, 3.05) is 13.1 Å². The van der Waals surface area contributed by atoms with Gasteiger partial charge in [0.2, 0.25) is 0 Å². The van der Waals surface area contributed by atoms with Crippen molar-refractivity contribution in [1.82, 2.24) is 15.5 Å². The molecule has 2 N–H and O–H groups in total. The average Bonchev–Trinajstić information content (AvgIpc) is 2.92. The Morgan fingerprint density at radius 2 is 2.17 bits per heavy atom. The minimum absolute atomic E-state index is 0.261. The lowest BCUT2D eigenvalue weighted by Gasteiger charge is -2.48. The second kappa shape index (κ2) is 3.96. The van der Waals surface area contributed by atoms with Gasteiger partial charge in [-0.2, -0.15) is 0 Å². The van der Waals surface area contributed by atoms with E-state index in [0.29, 0.717) is 5.92 Å². The van der Waals surface area contributed by atoms with E-state index in [9.17, 15) is 0 Å². The lowest BCUT2D eigenvalue weighted by molar-refractivity contribution is 0.182. The maximum absolute atomic E-state index is 5.37. The van der Waals surface area contributed by atoms with Crippen molar-refractivity contribution >= 4 is 28.7 Å². The van der Waals surface area contributed by atoms with Crippen LogP contribution in [0.15, 0.2) is 28.9 Å². The normalized spacial score (nSPS) is 27.0. The van der Waals surface area contributed by atoms with Crippen LogP contribution in [0.4, 0.5) is 0 Å². The highest BCUT2D eigenvalue weighted by Gasteiger charge is 2.40. The highest BCUT2D eigenvalue weighted by atomic mass is 32.1. The van der Waals surface area contributed by atoms with E-state index in [1.807, 2.05) is 0 Å². The molecule has 0 radical (unpaired) electrons. The van der Waals surface area contributed by atoms with Gasteiger partial charge in [-0.25, -0.2) is 0 Å². The fraction of sp³-hybridized carbons (Fsp3) is 0.462. The van der Waals surface area contributed by atoms with Crippen LogP contribution in [-0.4, -0.2) is 23.1 Å². The Balaban J connectivity index is 1.83. The van der Waals surface area contributed by atoms with Gasteiger partial charge in [0.15, 0.2) is 5.11 Å². The molecule has 1 aromatic heterocycles. The second-order valence-electron chi connectivity index (χ2n) is 5.11. The molecule has 94 valence electrons. The third-order valence-corrected chi connectivity index (χ3v) is 5.30. The van der Waals surface area contributed by atoms with Gasteiger partial charge < -0.3 is 15.5 Å². The smallest absolute Gasteiger partial charge is 0.171 e. The van der Waals surface area contributed by atoms with Gasteiger partial charge in [0.1, 0.15) is 6.04 Å². The van der Waals surface area contributed by atoms with Crippen LogP contribution in [0, 0.1) is 5.92 Å². The zero-order valence-electron chi connectivity index (χ0n) is 9.98. The first-order chi connectivity index (χ1) is 8.83. The number of thiophene rings is 1. The Morgan fingerprint density at radius 3 is 2.89 bits per heavy atom. The molecule has 1 saturated heterocycles. The van der Waals surface area contributed by atoms with Crippen LogP contribution in [0.5, 0.6) is 0 Å². The Hall–Kier alpha value is -1.07. The molecule has 4 aliphatic rings. The monoisotopic (exact) mass is 277 g/mol. The first-order valence-electron chi connectivity index (χ1n) is 6.43. The number of nitrogens with one attached hydrogen (secondary N) is 2. The zero-order valence-corrected chi connectivity index (χ0v) is 11.6. The summed E-state index contributed by atoms with van der Waals surface area (Å²) < 4.78 is 0. The average molecular weight is 277 g/mol. The fourth-order valence-corrected chi connectivity index (χ4v) is 4.32. The van der Waals surface area contributed by atoms with E-state index < -0.39 is 0 Å². The Morgan fingerprint density at radius 1 is 1.33 bits per heavy atom. The van der Waals surface area contributed by atoms with Crippen molar-refractivity contribution in [3.05, 3.63) is 33.8 Å². The molecule has 5 heterocycles. The maximum Gasteiger partial charge on any atom is 0.171 e. The van der Waals surface area contributed by atoms with E-state index in [-0.39, 0.29) is 6.04 Å². The summed E-state index contributed by atoms with van der Waals surface area (Å²) in [6, 6.07) is 4.57. The first kappa shape index (κ1) is 10.8. The highest BCUT2D eigenvalue weighted by molar-refractivity contribution is 7.80. The Kier molecular flexibility index (Phi) is 2.38. The van der Waals surface area contributed by atoms with Gasteiger partial charge in [-0.1, -0.05) is 6.07 Å². The molecule has 5 rings (SSSR count). The largest absolute Gasteiger partial charge is 0.371 e. The van der Waals surface area contributed by atoms with Crippen LogP contribution in [0.3, 0.4) is 0 Å². The summed E-state index contributed by atoms with van der Waals surface area (Å²) in [5.41, 5.74) is 2.82. The molecule has 1 fully saturated rings. The summed E-state index contributed by atoms with van der Waals surface area (Å²) in [5, 5.41) is 9.75. The van der Waals surface area contributed by atoms with Crippen molar-refractivity contribution in [2.24, 2.45) is 5.92 Å². The molecule has 5 heteroatoms. The van der Waals surface area contributed by atoms with Crippen LogP contribution in [0.2, 0.25) is 0 Å². The van der Waals surface area contributed by atoms with Gasteiger partial charge in [0, 0.05) is 29.6 Å². The van der Waals surface area contributed by atoms with E-state index >= 15 is 0 Å². The summed E-state index contributed by atoms with van der Waals surface area (Å²) in [5.74, 6) is 0.688. The molecule has 3 nitrogen and oxygen atoms in total. The maximum atomic E-state index is 5.37. The minimum Gasteiger partial charge on any atom is -0.371 e. The van der Waals surface area contributed by atoms with E-state index in [1.54, 1.807) is 11.3 Å². The summed E-state index contributed by atoms with van der Waals surface area (Å²) in [6.07, 6.45) is 2.54. The molecular weight excluding hydrogens is 262 g/mol. The molecular formula is C13H15N3S2. The molecule has 4 aliphatic heterocycles. The number of hydrogen-bond acceptors (Lipinski definition) is 3. The number of piperidine rings is 1. The number of allylic oxidation sites excluding steroid dienone is 1. The summed E-state index contributed by atoms with van der Waals surface area (Å²) >= 11 is 7.17. The van der Waals surface area contributed by atoms with Crippen LogP contribution in [0.25, 0.3) is 0 Å². The molecule has 1 aromatic rings. The number of rotatable bonds is 1. The predicted octanol–water partition coefficient (Wildman–Crippen LogP) is 2.20. The van der Waals surface area contributed by atoms with E-state index in [1.165, 1.54) is 42.2 Å². The van der Waals surface area contributed by atoms with Crippen molar-refractivity contribution in [2.45, 2.75) is 18.9 Å². The van der Waals surface area contributed by atoms with E-state index in [0.717, 1.165) is 5.11 Å². The lowest BCUT2D eigenvalue weighted by atomic mass is 9.84.